The lowest BCUT2D eigenvalue weighted by Gasteiger charge is -2.31. The van der Waals surface area contributed by atoms with Crippen molar-refractivity contribution in [2.75, 3.05) is 12.0 Å². The van der Waals surface area contributed by atoms with Gasteiger partial charge in [-0.25, -0.2) is 13.2 Å². The number of hydrogen-bond donors (Lipinski definition) is 2. The number of thiophene rings is 1. The SMILES string of the molecule is CS(=O)(=O)C(CCSCc1ccccc1)(CCc1ccc(C(=O)O)s1)c1ccc[nH]1. The Kier molecular flexibility index (Phi) is 7.44. The van der Waals surface area contributed by atoms with Gasteiger partial charge in [-0.15, -0.1) is 11.3 Å². The predicted octanol–water partition coefficient (Wildman–Crippen LogP) is 4.97. The lowest BCUT2D eigenvalue weighted by molar-refractivity contribution is 0.0702. The highest BCUT2D eigenvalue weighted by atomic mass is 32.2. The van der Waals surface area contributed by atoms with Crippen LogP contribution >= 0.6 is 23.1 Å². The lowest BCUT2D eigenvalue weighted by atomic mass is 9.95. The Hall–Kier alpha value is -2.03. The number of H-pyrrole nitrogens is 1. The third-order valence-corrected chi connectivity index (χ3v) is 9.42. The predicted molar refractivity (Wildman–Crippen MR) is 124 cm³/mol. The molecule has 3 rings (SSSR count). The second-order valence-electron chi connectivity index (χ2n) is 7.21. The molecule has 5 nitrogen and oxygen atoms in total. The van der Waals surface area contributed by atoms with E-state index in [0.29, 0.717) is 30.7 Å². The molecule has 2 aromatic heterocycles. The van der Waals surface area contributed by atoms with E-state index in [0.717, 1.165) is 10.6 Å². The van der Waals surface area contributed by atoms with Crippen LogP contribution in [-0.2, 0) is 26.8 Å². The van der Waals surface area contributed by atoms with E-state index in [-0.39, 0.29) is 4.88 Å². The van der Waals surface area contributed by atoms with E-state index in [1.54, 1.807) is 30.1 Å². The Labute approximate surface area is 185 Å². The minimum Gasteiger partial charge on any atom is -0.477 e. The maximum Gasteiger partial charge on any atom is 0.345 e. The second-order valence-corrected chi connectivity index (χ2v) is 11.8. The summed E-state index contributed by atoms with van der Waals surface area (Å²) in [4.78, 5) is 15.4. The van der Waals surface area contributed by atoms with Crippen LogP contribution in [0.15, 0.2) is 60.8 Å². The van der Waals surface area contributed by atoms with Crippen LogP contribution in [0.4, 0.5) is 0 Å². The number of aromatic amines is 1. The number of thioether (sulfide) groups is 1. The van der Waals surface area contributed by atoms with Gasteiger partial charge in [0.05, 0.1) is 0 Å². The van der Waals surface area contributed by atoms with Crippen molar-refractivity contribution in [3.63, 3.8) is 0 Å². The minimum atomic E-state index is -3.43. The zero-order chi connectivity index (χ0) is 21.6. The fraction of sp³-hybridized carbons (Fsp3) is 0.318. The van der Waals surface area contributed by atoms with Crippen molar-refractivity contribution >= 4 is 38.9 Å². The standard InChI is InChI=1S/C22H25NO4S3/c1-30(26,27)22(20-8-5-14-23-20,12-11-18-9-10-19(29-18)21(24)25)13-15-28-16-17-6-3-2-4-7-17/h2-10,14,23H,11-13,15-16H2,1H3,(H,24,25). The fourth-order valence-electron chi connectivity index (χ4n) is 3.53. The Bertz CT molecular complexity index is 1060. The molecule has 2 heterocycles. The number of hydrogen-bond acceptors (Lipinski definition) is 5. The smallest absolute Gasteiger partial charge is 0.345 e. The van der Waals surface area contributed by atoms with Crippen LogP contribution in [0.3, 0.4) is 0 Å². The third-order valence-electron chi connectivity index (χ3n) is 5.21. The lowest BCUT2D eigenvalue weighted by Crippen LogP contribution is -2.37. The quantitative estimate of drug-likeness (QED) is 0.392. The van der Waals surface area contributed by atoms with Gasteiger partial charge in [0.25, 0.3) is 0 Å². The zero-order valence-corrected chi connectivity index (χ0v) is 19.2. The molecule has 0 bridgehead atoms. The second kappa shape index (κ2) is 9.85. The van der Waals surface area contributed by atoms with Gasteiger partial charge >= 0.3 is 5.97 Å². The summed E-state index contributed by atoms with van der Waals surface area (Å²) in [6.45, 7) is 0. The molecule has 8 heteroatoms. The summed E-state index contributed by atoms with van der Waals surface area (Å²) in [6.07, 6.45) is 4.44. The van der Waals surface area contributed by atoms with Crippen LogP contribution in [0.25, 0.3) is 0 Å². The first-order valence-electron chi connectivity index (χ1n) is 9.59. The highest BCUT2D eigenvalue weighted by Gasteiger charge is 2.42. The molecule has 2 N–H and O–H groups in total. The highest BCUT2D eigenvalue weighted by molar-refractivity contribution is 7.98. The topological polar surface area (TPSA) is 87.2 Å². The number of benzene rings is 1. The summed E-state index contributed by atoms with van der Waals surface area (Å²) in [6, 6.07) is 17.1. The molecule has 3 aromatic rings. The maximum absolute atomic E-state index is 13.0. The van der Waals surface area contributed by atoms with Crippen molar-refractivity contribution < 1.29 is 18.3 Å². The molecule has 0 spiro atoms. The summed E-state index contributed by atoms with van der Waals surface area (Å²) < 4.78 is 25.0. The Morgan fingerprint density at radius 2 is 1.87 bits per heavy atom. The van der Waals surface area contributed by atoms with Crippen molar-refractivity contribution in [2.24, 2.45) is 0 Å². The molecule has 160 valence electrons. The summed E-state index contributed by atoms with van der Waals surface area (Å²) >= 11 is 2.93. The van der Waals surface area contributed by atoms with E-state index in [2.05, 4.69) is 17.1 Å². The first kappa shape index (κ1) is 22.7. The molecule has 0 aliphatic carbocycles. The van der Waals surface area contributed by atoms with Crippen LogP contribution in [0, 0.1) is 0 Å². The minimum absolute atomic E-state index is 0.272. The van der Waals surface area contributed by atoms with Gasteiger partial charge < -0.3 is 10.1 Å². The third kappa shape index (κ3) is 5.36. The van der Waals surface area contributed by atoms with Crippen molar-refractivity contribution in [1.29, 1.82) is 0 Å². The molecule has 1 aromatic carbocycles. The molecule has 1 unspecified atom stereocenters. The van der Waals surface area contributed by atoms with E-state index in [9.17, 15) is 13.2 Å². The number of aryl methyl sites for hydroxylation is 1. The molecule has 0 saturated heterocycles. The monoisotopic (exact) mass is 463 g/mol. The molecule has 0 aliphatic rings. The number of sulfone groups is 1. The normalized spacial score (nSPS) is 13.8. The van der Waals surface area contributed by atoms with Crippen molar-refractivity contribution in [1.82, 2.24) is 4.98 Å². The summed E-state index contributed by atoms with van der Waals surface area (Å²) in [5, 5.41) is 9.15. The molecule has 0 aliphatic heterocycles. The number of carboxylic acids is 1. The van der Waals surface area contributed by atoms with Gasteiger partial charge in [0.15, 0.2) is 9.84 Å². The van der Waals surface area contributed by atoms with Gasteiger partial charge in [-0.2, -0.15) is 11.8 Å². The van der Waals surface area contributed by atoms with E-state index in [1.165, 1.54) is 23.2 Å². The molecular weight excluding hydrogens is 438 g/mol. The summed E-state index contributed by atoms with van der Waals surface area (Å²) in [7, 11) is -3.43. The van der Waals surface area contributed by atoms with Gasteiger partial charge in [-0.1, -0.05) is 30.3 Å². The van der Waals surface area contributed by atoms with Crippen LogP contribution < -0.4 is 0 Å². The summed E-state index contributed by atoms with van der Waals surface area (Å²) in [5.41, 5.74) is 1.91. The van der Waals surface area contributed by atoms with E-state index >= 15 is 0 Å². The largest absolute Gasteiger partial charge is 0.477 e. The molecule has 0 saturated carbocycles. The van der Waals surface area contributed by atoms with Crippen LogP contribution in [0.2, 0.25) is 0 Å². The van der Waals surface area contributed by atoms with Crippen molar-refractivity contribution in [2.45, 2.75) is 29.8 Å². The highest BCUT2D eigenvalue weighted by Crippen LogP contribution is 2.39. The molecule has 0 amide bonds. The van der Waals surface area contributed by atoms with E-state index in [1.807, 2.05) is 30.3 Å². The Balaban J connectivity index is 1.77. The molecular formula is C22H25NO4S3. The molecule has 1 atom stereocenters. The average molecular weight is 464 g/mol. The van der Waals surface area contributed by atoms with Gasteiger partial charge in [0, 0.05) is 28.8 Å². The van der Waals surface area contributed by atoms with E-state index < -0.39 is 20.6 Å². The number of carbonyl (C=O) groups is 1. The maximum atomic E-state index is 13.0. The van der Waals surface area contributed by atoms with Gasteiger partial charge in [0.1, 0.15) is 9.62 Å². The molecule has 30 heavy (non-hydrogen) atoms. The van der Waals surface area contributed by atoms with Crippen molar-refractivity contribution in [3.8, 4) is 0 Å². The fourth-order valence-corrected chi connectivity index (χ4v) is 7.04. The number of rotatable bonds is 11. The Morgan fingerprint density at radius 3 is 2.47 bits per heavy atom. The average Bonchev–Trinajstić information content (AvgIpc) is 3.40. The zero-order valence-electron chi connectivity index (χ0n) is 16.7. The van der Waals surface area contributed by atoms with Crippen LogP contribution in [-0.4, -0.2) is 36.5 Å². The molecule has 0 fully saturated rings. The number of aromatic carboxylic acids is 1. The van der Waals surface area contributed by atoms with Crippen LogP contribution in [0.5, 0.6) is 0 Å². The van der Waals surface area contributed by atoms with Gasteiger partial charge in [0.2, 0.25) is 0 Å². The summed E-state index contributed by atoms with van der Waals surface area (Å²) in [5.74, 6) is 0.576. The first-order chi connectivity index (χ1) is 14.3. The number of nitrogens with one attached hydrogen (secondary N) is 1. The molecule has 0 radical (unpaired) electrons. The number of carboxylic acid groups (broad SMARTS) is 1. The first-order valence-corrected chi connectivity index (χ1v) is 13.5. The Morgan fingerprint density at radius 1 is 1.10 bits per heavy atom. The van der Waals surface area contributed by atoms with Gasteiger partial charge in [-0.3, -0.25) is 0 Å². The van der Waals surface area contributed by atoms with Crippen LogP contribution in [0.1, 0.15) is 38.6 Å². The van der Waals surface area contributed by atoms with E-state index in [4.69, 9.17) is 5.11 Å². The van der Waals surface area contributed by atoms with Crippen molar-refractivity contribution in [3.05, 3.63) is 81.8 Å². The van der Waals surface area contributed by atoms with Gasteiger partial charge in [-0.05, 0) is 54.8 Å². The number of aromatic nitrogens is 1.